The van der Waals surface area contributed by atoms with Crippen LogP contribution in [0.15, 0.2) is 78.5 Å². The molecule has 2 aromatic carbocycles. The molecule has 0 spiro atoms. The number of para-hydroxylation sites is 2. The summed E-state index contributed by atoms with van der Waals surface area (Å²) in [6.45, 7) is 0. The quantitative estimate of drug-likeness (QED) is 0.394. The molecule has 0 bridgehead atoms. The number of Topliss-reactive ketones (excluding diaryl/α,β-unsaturated/α-hetero) is 1. The van der Waals surface area contributed by atoms with Crippen molar-refractivity contribution in [3.8, 4) is 11.5 Å². The predicted octanol–water partition coefficient (Wildman–Crippen LogP) is 3.42. The summed E-state index contributed by atoms with van der Waals surface area (Å²) in [5.41, 5.74) is 0.790. The van der Waals surface area contributed by atoms with E-state index in [9.17, 15) is 19.8 Å². The molecule has 1 aromatic heterocycles. The summed E-state index contributed by atoms with van der Waals surface area (Å²) < 4.78 is 5.13. The van der Waals surface area contributed by atoms with Gasteiger partial charge in [0.1, 0.15) is 23.3 Å². The molecule has 3 aromatic rings. The summed E-state index contributed by atoms with van der Waals surface area (Å²) in [5.74, 6) is -1.62. The summed E-state index contributed by atoms with van der Waals surface area (Å²) in [6.07, 6.45) is 1.54. The number of hydrogen-bond acceptors (Lipinski definition) is 6. The first-order valence-corrected chi connectivity index (χ1v) is 9.17. The summed E-state index contributed by atoms with van der Waals surface area (Å²) in [7, 11) is 1.52. The number of carbonyl (C=O) groups excluding carboxylic acids is 2. The van der Waals surface area contributed by atoms with Crippen LogP contribution in [-0.2, 0) is 9.59 Å². The van der Waals surface area contributed by atoms with E-state index in [4.69, 9.17) is 4.74 Å². The van der Waals surface area contributed by atoms with E-state index in [1.54, 1.807) is 54.6 Å². The fourth-order valence-corrected chi connectivity index (χ4v) is 3.47. The lowest BCUT2D eigenvalue weighted by molar-refractivity contribution is -0.132. The van der Waals surface area contributed by atoms with E-state index < -0.39 is 17.7 Å². The Morgan fingerprint density at radius 2 is 1.70 bits per heavy atom. The standard InChI is InChI=1S/C23H18N2O5/c1-30-15-11-9-14(10-12-15)21(27)19-20(16-6-4-5-13-24-16)25(23(29)22(19)28)17-7-2-3-8-18(17)26/h2-13,20,26-27H,1H3/b21-19-. The number of carbonyl (C=O) groups is 2. The van der Waals surface area contributed by atoms with Crippen LogP contribution in [0.3, 0.4) is 0 Å². The van der Waals surface area contributed by atoms with Crippen molar-refractivity contribution in [2.24, 2.45) is 0 Å². The van der Waals surface area contributed by atoms with Crippen LogP contribution in [0.1, 0.15) is 17.3 Å². The van der Waals surface area contributed by atoms with Gasteiger partial charge < -0.3 is 14.9 Å². The molecule has 1 unspecified atom stereocenters. The number of pyridine rings is 1. The van der Waals surface area contributed by atoms with Gasteiger partial charge >= 0.3 is 0 Å². The van der Waals surface area contributed by atoms with Crippen LogP contribution in [0.25, 0.3) is 5.76 Å². The Morgan fingerprint density at radius 1 is 1.00 bits per heavy atom. The second-order valence-electron chi connectivity index (χ2n) is 6.64. The van der Waals surface area contributed by atoms with Gasteiger partial charge in [-0.3, -0.25) is 19.5 Å². The first-order valence-electron chi connectivity index (χ1n) is 9.17. The van der Waals surface area contributed by atoms with Crippen molar-refractivity contribution in [3.05, 3.63) is 89.8 Å². The second-order valence-corrected chi connectivity index (χ2v) is 6.64. The van der Waals surface area contributed by atoms with Crippen LogP contribution in [0.4, 0.5) is 5.69 Å². The number of aliphatic hydroxyl groups excluding tert-OH is 1. The average molecular weight is 402 g/mol. The maximum Gasteiger partial charge on any atom is 0.300 e. The van der Waals surface area contributed by atoms with Crippen molar-refractivity contribution in [1.82, 2.24) is 4.98 Å². The number of benzene rings is 2. The third kappa shape index (κ3) is 3.16. The number of phenolic OH excluding ortho intramolecular Hbond substituents is 1. The SMILES string of the molecule is COc1ccc(/C(O)=C2/C(=O)C(=O)N(c3ccccc3O)C2c2ccccn2)cc1. The molecule has 2 N–H and O–H groups in total. The molecule has 1 aliphatic heterocycles. The van der Waals surface area contributed by atoms with Crippen LogP contribution < -0.4 is 9.64 Å². The Bertz CT molecular complexity index is 1140. The maximum atomic E-state index is 13.0. The van der Waals surface area contributed by atoms with Gasteiger partial charge in [0.25, 0.3) is 11.7 Å². The van der Waals surface area contributed by atoms with Gasteiger partial charge in [-0.2, -0.15) is 0 Å². The largest absolute Gasteiger partial charge is 0.507 e. The molecule has 4 rings (SSSR count). The number of ether oxygens (including phenoxy) is 1. The fourth-order valence-electron chi connectivity index (χ4n) is 3.47. The Balaban J connectivity index is 1.93. The Morgan fingerprint density at radius 3 is 2.33 bits per heavy atom. The zero-order valence-electron chi connectivity index (χ0n) is 16.0. The molecule has 1 fully saturated rings. The first-order chi connectivity index (χ1) is 14.5. The van der Waals surface area contributed by atoms with Crippen LogP contribution in [0.2, 0.25) is 0 Å². The molecule has 1 amide bonds. The Kier molecular flexibility index (Phi) is 4.93. The second kappa shape index (κ2) is 7.71. The fraction of sp³-hybridized carbons (Fsp3) is 0.0870. The van der Waals surface area contributed by atoms with E-state index >= 15 is 0 Å². The number of phenols is 1. The van der Waals surface area contributed by atoms with E-state index in [0.29, 0.717) is 17.0 Å². The molecular weight excluding hydrogens is 384 g/mol. The highest BCUT2D eigenvalue weighted by atomic mass is 16.5. The van der Waals surface area contributed by atoms with Crippen molar-refractivity contribution in [2.75, 3.05) is 12.0 Å². The molecule has 0 saturated carbocycles. The smallest absolute Gasteiger partial charge is 0.300 e. The van der Waals surface area contributed by atoms with E-state index in [2.05, 4.69) is 4.98 Å². The van der Waals surface area contributed by atoms with Crippen molar-refractivity contribution in [2.45, 2.75) is 6.04 Å². The third-order valence-corrected chi connectivity index (χ3v) is 4.92. The van der Waals surface area contributed by atoms with Gasteiger partial charge in [0.2, 0.25) is 0 Å². The van der Waals surface area contributed by atoms with Gasteiger partial charge in [-0.15, -0.1) is 0 Å². The molecule has 7 nitrogen and oxygen atoms in total. The van der Waals surface area contributed by atoms with E-state index in [0.717, 1.165) is 4.90 Å². The Labute approximate surface area is 172 Å². The molecule has 2 heterocycles. The molecular formula is C23H18N2O5. The zero-order valence-corrected chi connectivity index (χ0v) is 16.0. The lowest BCUT2D eigenvalue weighted by atomic mass is 9.98. The molecule has 150 valence electrons. The number of aliphatic hydroxyl groups is 1. The summed E-state index contributed by atoms with van der Waals surface area (Å²) in [4.78, 5) is 31.4. The number of ketones is 1. The van der Waals surface area contributed by atoms with Crippen molar-refractivity contribution in [1.29, 1.82) is 0 Å². The number of nitrogens with zero attached hydrogens (tertiary/aromatic N) is 2. The molecule has 1 aliphatic rings. The number of methoxy groups -OCH3 is 1. The number of amides is 1. The van der Waals surface area contributed by atoms with Crippen LogP contribution in [0, 0.1) is 0 Å². The minimum Gasteiger partial charge on any atom is -0.507 e. The number of anilines is 1. The van der Waals surface area contributed by atoms with Crippen molar-refractivity contribution >= 4 is 23.1 Å². The molecule has 0 aliphatic carbocycles. The average Bonchev–Trinajstić information content (AvgIpc) is 3.05. The number of hydrogen-bond donors (Lipinski definition) is 2. The minimum atomic E-state index is -0.999. The number of rotatable bonds is 4. The third-order valence-electron chi connectivity index (χ3n) is 4.92. The van der Waals surface area contributed by atoms with Gasteiger partial charge in [0, 0.05) is 11.8 Å². The van der Waals surface area contributed by atoms with Crippen LogP contribution in [0.5, 0.6) is 11.5 Å². The highest BCUT2D eigenvalue weighted by molar-refractivity contribution is 6.51. The molecule has 1 saturated heterocycles. The first kappa shape index (κ1) is 19.2. The van der Waals surface area contributed by atoms with Gasteiger partial charge in [-0.05, 0) is 48.5 Å². The zero-order chi connectivity index (χ0) is 21.3. The van der Waals surface area contributed by atoms with Gasteiger partial charge in [-0.1, -0.05) is 18.2 Å². The van der Waals surface area contributed by atoms with E-state index in [1.165, 1.54) is 25.4 Å². The number of aromatic nitrogens is 1. The van der Waals surface area contributed by atoms with Gasteiger partial charge in [-0.25, -0.2) is 0 Å². The summed E-state index contributed by atoms with van der Waals surface area (Å²) in [6, 6.07) is 16.8. The number of aromatic hydroxyl groups is 1. The monoisotopic (exact) mass is 402 g/mol. The molecule has 0 radical (unpaired) electrons. The van der Waals surface area contributed by atoms with Crippen molar-refractivity contribution < 1.29 is 24.5 Å². The topological polar surface area (TPSA) is 100.0 Å². The highest BCUT2D eigenvalue weighted by Crippen LogP contribution is 2.43. The Hall–Kier alpha value is -4.13. The summed E-state index contributed by atoms with van der Waals surface area (Å²) in [5, 5.41) is 21.3. The lowest BCUT2D eigenvalue weighted by Gasteiger charge is -2.25. The lowest BCUT2D eigenvalue weighted by Crippen LogP contribution is -2.29. The predicted molar refractivity (Wildman–Crippen MR) is 110 cm³/mol. The van der Waals surface area contributed by atoms with Gasteiger partial charge in [0.15, 0.2) is 0 Å². The van der Waals surface area contributed by atoms with Crippen molar-refractivity contribution in [3.63, 3.8) is 0 Å². The van der Waals surface area contributed by atoms with Gasteiger partial charge in [0.05, 0.1) is 24.1 Å². The normalized spacial score (nSPS) is 17.9. The molecule has 30 heavy (non-hydrogen) atoms. The van der Waals surface area contributed by atoms with E-state index in [-0.39, 0.29) is 22.8 Å². The summed E-state index contributed by atoms with van der Waals surface area (Å²) >= 11 is 0. The van der Waals surface area contributed by atoms with Crippen LogP contribution >= 0.6 is 0 Å². The highest BCUT2D eigenvalue weighted by Gasteiger charge is 2.48. The minimum absolute atomic E-state index is 0.105. The maximum absolute atomic E-state index is 13.0. The molecule has 7 heteroatoms. The molecule has 1 atom stereocenters. The van der Waals surface area contributed by atoms with E-state index in [1.807, 2.05) is 0 Å². The van der Waals surface area contributed by atoms with Crippen LogP contribution in [-0.4, -0.2) is 34.0 Å².